The van der Waals surface area contributed by atoms with Crippen LogP contribution >= 0.6 is 0 Å². The van der Waals surface area contributed by atoms with Gasteiger partial charge >= 0.3 is 12.2 Å². The van der Waals surface area contributed by atoms with E-state index in [2.05, 4.69) is 30.2 Å². The third kappa shape index (κ3) is 3.27. The second-order valence-corrected chi connectivity index (χ2v) is 7.67. The average molecular weight is 470 g/mol. The second-order valence-electron chi connectivity index (χ2n) is 7.67. The summed E-state index contributed by atoms with van der Waals surface area (Å²) in [5, 5.41) is 12.5. The van der Waals surface area contributed by atoms with Gasteiger partial charge in [-0.25, -0.2) is 14.5 Å². The molecule has 5 aromatic rings. The molecule has 0 aliphatic carbocycles. The van der Waals surface area contributed by atoms with Crippen LogP contribution in [0.4, 0.5) is 23.6 Å². The Kier molecular flexibility index (Phi) is 4.40. The van der Waals surface area contributed by atoms with Gasteiger partial charge in [0.2, 0.25) is 5.95 Å². The summed E-state index contributed by atoms with van der Waals surface area (Å²) in [7, 11) is 0. The molecule has 0 saturated carbocycles. The van der Waals surface area contributed by atoms with E-state index in [1.807, 2.05) is 0 Å². The van der Waals surface area contributed by atoms with E-state index in [0.717, 1.165) is 11.8 Å². The van der Waals surface area contributed by atoms with Crippen molar-refractivity contribution < 1.29 is 22.0 Å². The van der Waals surface area contributed by atoms with Crippen molar-refractivity contribution >= 4 is 11.5 Å². The van der Waals surface area contributed by atoms with Gasteiger partial charge in [0.1, 0.15) is 11.7 Å². The summed E-state index contributed by atoms with van der Waals surface area (Å²) in [6.45, 7) is 0.401. The Hall–Kier alpha value is -4.29. The minimum absolute atomic E-state index is 0.00966. The molecule has 0 fully saturated rings. The van der Waals surface area contributed by atoms with Crippen molar-refractivity contribution in [1.29, 1.82) is 0 Å². The summed E-state index contributed by atoms with van der Waals surface area (Å²) in [4.78, 5) is 12.9. The van der Waals surface area contributed by atoms with Crippen LogP contribution < -0.4 is 4.90 Å². The summed E-state index contributed by atoms with van der Waals surface area (Å²) in [6.07, 6.45) is -1.01. The molecule has 13 heteroatoms. The van der Waals surface area contributed by atoms with E-state index >= 15 is 0 Å². The SMILES string of the molecule is Fc1cccc(-c2nnc(N3CCc4[nH]cnc4[C@@H]3c3cc4c(C(F)(F)F)cccn4n3)o2)n1. The molecule has 6 rings (SSSR count). The van der Waals surface area contributed by atoms with E-state index in [0.29, 0.717) is 24.4 Å². The number of fused-ring (bicyclic) bond motifs is 2. The van der Waals surface area contributed by atoms with E-state index in [1.54, 1.807) is 4.90 Å². The van der Waals surface area contributed by atoms with Crippen molar-refractivity contribution in [2.45, 2.75) is 18.6 Å². The molecule has 0 unspecified atom stereocenters. The van der Waals surface area contributed by atoms with Gasteiger partial charge in [-0.1, -0.05) is 11.2 Å². The predicted molar refractivity (Wildman–Crippen MR) is 109 cm³/mol. The van der Waals surface area contributed by atoms with E-state index in [-0.39, 0.29) is 23.1 Å². The van der Waals surface area contributed by atoms with Gasteiger partial charge in [0, 0.05) is 24.9 Å². The summed E-state index contributed by atoms with van der Waals surface area (Å²) in [5.41, 5.74) is 1.04. The standard InChI is InChI=1S/C21H14F4N8O/c22-16-5-1-4-13(28-16)19-29-30-20(34-19)32-8-6-12-17(27-10-26-12)18(32)14-9-15-11(21(23,24)25)3-2-7-33(15)31-14/h1-5,7,9-10,18H,6,8H2,(H,26,27)/t18-/m0/s1. The number of anilines is 1. The molecule has 0 bridgehead atoms. The summed E-state index contributed by atoms with van der Waals surface area (Å²) < 4.78 is 61.2. The molecule has 34 heavy (non-hydrogen) atoms. The van der Waals surface area contributed by atoms with Crippen molar-refractivity contribution in [3.8, 4) is 11.6 Å². The molecule has 9 nitrogen and oxygen atoms in total. The average Bonchev–Trinajstić information content (AvgIpc) is 3.56. The first-order valence-corrected chi connectivity index (χ1v) is 10.2. The number of halogens is 4. The van der Waals surface area contributed by atoms with Crippen molar-refractivity contribution in [2.24, 2.45) is 0 Å². The third-order valence-electron chi connectivity index (χ3n) is 5.63. The minimum Gasteiger partial charge on any atom is -0.402 e. The van der Waals surface area contributed by atoms with Gasteiger partial charge in [-0.05, 0) is 30.3 Å². The first kappa shape index (κ1) is 20.3. The maximum atomic E-state index is 13.6. The second kappa shape index (κ2) is 7.37. The largest absolute Gasteiger partial charge is 0.418 e. The maximum Gasteiger partial charge on any atom is 0.418 e. The summed E-state index contributed by atoms with van der Waals surface area (Å²) in [5.74, 6) is -0.685. The van der Waals surface area contributed by atoms with Crippen LogP contribution in [0.15, 0.2) is 53.3 Å². The highest BCUT2D eigenvalue weighted by molar-refractivity contribution is 5.59. The Bertz CT molecular complexity index is 1500. The van der Waals surface area contributed by atoms with Crippen LogP contribution in [0.2, 0.25) is 0 Å². The Morgan fingerprint density at radius 2 is 2.00 bits per heavy atom. The van der Waals surface area contributed by atoms with Gasteiger partial charge in [-0.2, -0.15) is 22.7 Å². The molecule has 5 aromatic heterocycles. The van der Waals surface area contributed by atoms with E-state index < -0.39 is 23.7 Å². The van der Waals surface area contributed by atoms with Gasteiger partial charge in [0.05, 0.1) is 28.8 Å². The van der Waals surface area contributed by atoms with Crippen molar-refractivity contribution in [1.82, 2.24) is 34.8 Å². The summed E-state index contributed by atoms with van der Waals surface area (Å²) in [6, 6.07) is 7.28. The molecular formula is C21H14F4N8O. The van der Waals surface area contributed by atoms with Gasteiger partial charge in [-0.15, -0.1) is 5.10 Å². The quantitative estimate of drug-likeness (QED) is 0.316. The predicted octanol–water partition coefficient (Wildman–Crippen LogP) is 3.81. The van der Waals surface area contributed by atoms with Crippen molar-refractivity contribution in [3.05, 3.63) is 77.5 Å². The Morgan fingerprint density at radius 1 is 1.12 bits per heavy atom. The molecule has 1 aliphatic rings. The zero-order valence-corrected chi connectivity index (χ0v) is 17.2. The van der Waals surface area contributed by atoms with Gasteiger partial charge < -0.3 is 14.3 Å². The lowest BCUT2D eigenvalue weighted by atomic mass is 10.00. The highest BCUT2D eigenvalue weighted by Crippen LogP contribution is 2.39. The van der Waals surface area contributed by atoms with Gasteiger partial charge in [0.15, 0.2) is 0 Å². The number of hydrogen-bond donors (Lipinski definition) is 1. The zero-order chi connectivity index (χ0) is 23.4. The number of alkyl halides is 3. The highest BCUT2D eigenvalue weighted by atomic mass is 19.4. The fourth-order valence-corrected chi connectivity index (χ4v) is 4.15. The first-order valence-electron chi connectivity index (χ1n) is 10.2. The molecule has 1 atom stereocenters. The molecule has 0 radical (unpaired) electrons. The van der Waals surface area contributed by atoms with Crippen molar-refractivity contribution in [2.75, 3.05) is 11.4 Å². The van der Waals surface area contributed by atoms with Crippen LogP contribution in [0.5, 0.6) is 0 Å². The van der Waals surface area contributed by atoms with Crippen molar-refractivity contribution in [3.63, 3.8) is 0 Å². The lowest BCUT2D eigenvalue weighted by molar-refractivity contribution is -0.136. The molecule has 6 heterocycles. The number of nitrogens with zero attached hydrogens (tertiary/aromatic N) is 7. The van der Waals surface area contributed by atoms with Crippen LogP contribution in [0, 0.1) is 5.95 Å². The number of pyridine rings is 2. The smallest absolute Gasteiger partial charge is 0.402 e. The summed E-state index contributed by atoms with van der Waals surface area (Å²) >= 11 is 0. The lowest BCUT2D eigenvalue weighted by Gasteiger charge is -2.32. The van der Waals surface area contributed by atoms with Crippen LogP contribution in [0.3, 0.4) is 0 Å². The molecule has 0 aromatic carbocycles. The monoisotopic (exact) mass is 470 g/mol. The third-order valence-corrected chi connectivity index (χ3v) is 5.63. The van der Waals surface area contributed by atoms with Crippen LogP contribution in [0.1, 0.15) is 28.7 Å². The number of H-pyrrole nitrogens is 1. The number of aromatic amines is 1. The molecule has 0 amide bonds. The molecule has 1 N–H and O–H groups in total. The Labute approximate surface area is 188 Å². The molecule has 0 spiro atoms. The zero-order valence-electron chi connectivity index (χ0n) is 17.2. The molecule has 0 saturated heterocycles. The normalized spacial score (nSPS) is 16.2. The number of hydrogen-bond acceptors (Lipinski definition) is 7. The Balaban J connectivity index is 1.46. The lowest BCUT2D eigenvalue weighted by Crippen LogP contribution is -2.36. The van der Waals surface area contributed by atoms with Crippen LogP contribution in [-0.4, -0.2) is 41.3 Å². The minimum atomic E-state index is -4.54. The fraction of sp³-hybridized carbons (Fsp3) is 0.190. The first-order chi connectivity index (χ1) is 16.4. The fourth-order valence-electron chi connectivity index (χ4n) is 4.15. The van der Waals surface area contributed by atoms with Crippen LogP contribution in [0.25, 0.3) is 17.1 Å². The molecule has 172 valence electrons. The topological polar surface area (TPSA) is 101 Å². The maximum absolute atomic E-state index is 13.6. The Morgan fingerprint density at radius 3 is 2.82 bits per heavy atom. The number of rotatable bonds is 3. The number of aromatic nitrogens is 7. The number of imidazole rings is 1. The van der Waals surface area contributed by atoms with E-state index in [4.69, 9.17) is 4.42 Å². The van der Waals surface area contributed by atoms with E-state index in [9.17, 15) is 17.6 Å². The molecular weight excluding hydrogens is 456 g/mol. The highest BCUT2D eigenvalue weighted by Gasteiger charge is 2.38. The van der Waals surface area contributed by atoms with Gasteiger partial charge in [-0.3, -0.25) is 0 Å². The molecule has 1 aliphatic heterocycles. The number of nitrogens with one attached hydrogen (secondary N) is 1. The van der Waals surface area contributed by atoms with Gasteiger partial charge in [0.25, 0.3) is 5.89 Å². The van der Waals surface area contributed by atoms with E-state index in [1.165, 1.54) is 47.4 Å². The van der Waals surface area contributed by atoms with Crippen LogP contribution in [-0.2, 0) is 12.6 Å².